The number of aromatic nitrogens is 1. The van der Waals surface area contributed by atoms with Crippen molar-refractivity contribution in [1.29, 1.82) is 0 Å². The lowest BCUT2D eigenvalue weighted by Crippen LogP contribution is -2.46. The molecular weight excluding hydrogens is 266 g/mol. The SMILES string of the molecule is CCn1c(C)cc2c(c1=O)CCC(=O)[C@@]2(CC)OC(C)C. The second-order valence-corrected chi connectivity index (χ2v) is 6.00. The molecule has 0 spiro atoms. The fourth-order valence-corrected chi connectivity index (χ4v) is 3.40. The minimum atomic E-state index is -0.946. The summed E-state index contributed by atoms with van der Waals surface area (Å²) >= 11 is 0. The summed E-state index contributed by atoms with van der Waals surface area (Å²) in [5, 5.41) is 0. The molecule has 1 aromatic heterocycles. The van der Waals surface area contributed by atoms with Crippen LogP contribution in [0.4, 0.5) is 0 Å². The van der Waals surface area contributed by atoms with E-state index >= 15 is 0 Å². The summed E-state index contributed by atoms with van der Waals surface area (Å²) in [4.78, 5) is 25.2. The van der Waals surface area contributed by atoms with Gasteiger partial charge in [-0.25, -0.2) is 0 Å². The predicted octanol–water partition coefficient (Wildman–Crippen LogP) is 2.72. The average Bonchev–Trinajstić information content (AvgIpc) is 2.42. The summed E-state index contributed by atoms with van der Waals surface area (Å²) in [6.07, 6.45) is 1.41. The highest BCUT2D eigenvalue weighted by atomic mass is 16.5. The lowest BCUT2D eigenvalue weighted by Gasteiger charge is -2.38. The van der Waals surface area contributed by atoms with Gasteiger partial charge in [-0.2, -0.15) is 0 Å². The number of pyridine rings is 1. The molecule has 4 nitrogen and oxygen atoms in total. The van der Waals surface area contributed by atoms with Crippen molar-refractivity contribution in [3.63, 3.8) is 0 Å². The van der Waals surface area contributed by atoms with Gasteiger partial charge in [-0.3, -0.25) is 9.59 Å². The van der Waals surface area contributed by atoms with Crippen LogP contribution in [0.25, 0.3) is 0 Å². The minimum Gasteiger partial charge on any atom is -0.360 e. The standard InChI is InChI=1S/C17H25NO3/c1-6-17(21-11(3)4)14-10-12(5)18(7-2)16(20)13(14)8-9-15(17)19/h10-11H,6-9H2,1-5H3/t17-/m0/s1. The molecule has 1 aliphatic rings. The molecule has 2 rings (SSSR count). The third kappa shape index (κ3) is 2.46. The molecule has 0 fully saturated rings. The van der Waals surface area contributed by atoms with Gasteiger partial charge in [0.05, 0.1) is 6.10 Å². The third-order valence-corrected chi connectivity index (χ3v) is 4.35. The first-order valence-electron chi connectivity index (χ1n) is 7.82. The first kappa shape index (κ1) is 16.0. The van der Waals surface area contributed by atoms with Gasteiger partial charge in [0, 0.05) is 29.8 Å². The molecule has 0 aliphatic heterocycles. The Morgan fingerprint density at radius 2 is 1.95 bits per heavy atom. The Morgan fingerprint density at radius 3 is 2.48 bits per heavy atom. The zero-order valence-corrected chi connectivity index (χ0v) is 13.7. The Morgan fingerprint density at radius 1 is 1.29 bits per heavy atom. The Bertz CT molecular complexity index is 615. The molecule has 1 heterocycles. The number of carbonyl (C=O) groups is 1. The molecule has 1 aliphatic carbocycles. The fourth-order valence-electron chi connectivity index (χ4n) is 3.40. The predicted molar refractivity (Wildman–Crippen MR) is 82.6 cm³/mol. The number of Topliss-reactive ketones (excluding diaryl/α,β-unsaturated/α-hetero) is 1. The van der Waals surface area contributed by atoms with Gasteiger partial charge >= 0.3 is 0 Å². The number of ketones is 1. The first-order chi connectivity index (χ1) is 9.87. The average molecular weight is 291 g/mol. The van der Waals surface area contributed by atoms with Crippen LogP contribution in [0.15, 0.2) is 10.9 Å². The molecule has 0 unspecified atom stereocenters. The fraction of sp³-hybridized carbons (Fsp3) is 0.647. The highest BCUT2D eigenvalue weighted by molar-refractivity contribution is 5.90. The van der Waals surface area contributed by atoms with Crippen LogP contribution in [-0.2, 0) is 28.1 Å². The number of hydrogen-bond acceptors (Lipinski definition) is 3. The molecule has 0 radical (unpaired) electrons. The maximum atomic E-state index is 12.7. The minimum absolute atomic E-state index is 0.0326. The van der Waals surface area contributed by atoms with Crippen molar-refractivity contribution >= 4 is 5.78 Å². The van der Waals surface area contributed by atoms with Gasteiger partial charge in [-0.1, -0.05) is 6.92 Å². The number of aryl methyl sites for hydroxylation is 1. The summed E-state index contributed by atoms with van der Waals surface area (Å²) in [6.45, 7) is 10.3. The maximum Gasteiger partial charge on any atom is 0.254 e. The van der Waals surface area contributed by atoms with Gasteiger partial charge < -0.3 is 9.30 Å². The Balaban J connectivity index is 2.73. The van der Waals surface area contributed by atoms with Crippen LogP contribution in [-0.4, -0.2) is 16.5 Å². The van der Waals surface area contributed by atoms with Crippen LogP contribution in [0.1, 0.15) is 57.4 Å². The highest BCUT2D eigenvalue weighted by Gasteiger charge is 2.45. The molecular formula is C17H25NO3. The van der Waals surface area contributed by atoms with Gasteiger partial charge in [0.15, 0.2) is 11.4 Å². The van der Waals surface area contributed by atoms with Crippen molar-refractivity contribution in [2.45, 2.75) is 72.1 Å². The molecule has 116 valence electrons. The number of rotatable bonds is 4. The third-order valence-electron chi connectivity index (χ3n) is 4.35. The first-order valence-corrected chi connectivity index (χ1v) is 7.82. The van der Waals surface area contributed by atoms with Crippen LogP contribution in [0.3, 0.4) is 0 Å². The number of fused-ring (bicyclic) bond motifs is 1. The van der Waals surface area contributed by atoms with Crippen molar-refractivity contribution in [3.05, 3.63) is 33.2 Å². The largest absolute Gasteiger partial charge is 0.360 e. The molecule has 0 aromatic carbocycles. The van der Waals surface area contributed by atoms with Crippen LogP contribution in [0.5, 0.6) is 0 Å². The van der Waals surface area contributed by atoms with Gasteiger partial charge in [-0.15, -0.1) is 0 Å². The van der Waals surface area contributed by atoms with E-state index in [1.807, 2.05) is 40.7 Å². The number of hydrogen-bond donors (Lipinski definition) is 0. The lowest BCUT2D eigenvalue weighted by atomic mass is 9.76. The van der Waals surface area contributed by atoms with E-state index in [0.29, 0.717) is 25.8 Å². The van der Waals surface area contributed by atoms with E-state index in [1.54, 1.807) is 4.57 Å². The van der Waals surface area contributed by atoms with E-state index < -0.39 is 5.60 Å². The summed E-state index contributed by atoms with van der Waals surface area (Å²) in [5.41, 5.74) is 1.52. The van der Waals surface area contributed by atoms with Crippen LogP contribution < -0.4 is 5.56 Å². The second kappa shape index (κ2) is 5.76. The molecule has 0 saturated heterocycles. The monoisotopic (exact) mass is 291 g/mol. The van der Waals surface area contributed by atoms with Crippen LogP contribution in [0, 0.1) is 6.92 Å². The highest BCUT2D eigenvalue weighted by Crippen LogP contribution is 2.38. The summed E-state index contributed by atoms with van der Waals surface area (Å²) in [5.74, 6) is 0.0965. The smallest absolute Gasteiger partial charge is 0.254 e. The van der Waals surface area contributed by atoms with E-state index in [9.17, 15) is 9.59 Å². The topological polar surface area (TPSA) is 48.3 Å². The molecule has 0 N–H and O–H groups in total. The quantitative estimate of drug-likeness (QED) is 0.857. The Hall–Kier alpha value is -1.42. The summed E-state index contributed by atoms with van der Waals surface area (Å²) < 4.78 is 7.82. The number of nitrogens with zero attached hydrogens (tertiary/aromatic N) is 1. The van der Waals surface area contributed by atoms with E-state index in [-0.39, 0.29) is 17.4 Å². The normalized spacial score (nSPS) is 21.7. The molecule has 0 amide bonds. The molecule has 1 atom stereocenters. The number of ether oxygens (including phenoxy) is 1. The summed E-state index contributed by atoms with van der Waals surface area (Å²) in [7, 11) is 0. The van der Waals surface area contributed by atoms with Gasteiger partial charge in [0.2, 0.25) is 0 Å². The van der Waals surface area contributed by atoms with E-state index in [0.717, 1.165) is 16.8 Å². The van der Waals surface area contributed by atoms with Crippen molar-refractivity contribution in [2.75, 3.05) is 0 Å². The maximum absolute atomic E-state index is 12.7. The second-order valence-electron chi connectivity index (χ2n) is 6.00. The Labute approximate surface area is 126 Å². The molecule has 1 aromatic rings. The van der Waals surface area contributed by atoms with Crippen LogP contribution >= 0.6 is 0 Å². The van der Waals surface area contributed by atoms with Crippen molar-refractivity contribution in [2.24, 2.45) is 0 Å². The molecule has 4 heteroatoms. The molecule has 21 heavy (non-hydrogen) atoms. The van der Waals surface area contributed by atoms with Gasteiger partial charge in [0.25, 0.3) is 5.56 Å². The number of carbonyl (C=O) groups excluding carboxylic acids is 1. The molecule has 0 saturated carbocycles. The van der Waals surface area contributed by atoms with Gasteiger partial charge in [-0.05, 0) is 46.6 Å². The van der Waals surface area contributed by atoms with Crippen molar-refractivity contribution in [3.8, 4) is 0 Å². The van der Waals surface area contributed by atoms with E-state index in [4.69, 9.17) is 4.74 Å². The van der Waals surface area contributed by atoms with Gasteiger partial charge in [0.1, 0.15) is 0 Å². The van der Waals surface area contributed by atoms with E-state index in [2.05, 4.69) is 0 Å². The van der Waals surface area contributed by atoms with E-state index in [1.165, 1.54) is 0 Å². The van der Waals surface area contributed by atoms with Crippen molar-refractivity contribution in [1.82, 2.24) is 4.57 Å². The lowest BCUT2D eigenvalue weighted by molar-refractivity contribution is -0.155. The van der Waals surface area contributed by atoms with Crippen LogP contribution in [0.2, 0.25) is 0 Å². The Kier molecular flexibility index (Phi) is 4.38. The summed E-state index contributed by atoms with van der Waals surface area (Å²) in [6, 6.07) is 1.98. The zero-order valence-electron chi connectivity index (χ0n) is 13.7. The zero-order chi connectivity index (χ0) is 15.8. The van der Waals surface area contributed by atoms with Crippen molar-refractivity contribution < 1.29 is 9.53 Å². The molecule has 0 bridgehead atoms.